The highest BCUT2D eigenvalue weighted by Crippen LogP contribution is 2.42. The first kappa shape index (κ1) is 32.1. The predicted octanol–water partition coefficient (Wildman–Crippen LogP) is 11.1. The van der Waals surface area contributed by atoms with E-state index in [0.717, 1.165) is 61.4 Å². The summed E-state index contributed by atoms with van der Waals surface area (Å²) in [6, 6.07) is 42.6. The Kier molecular flexibility index (Phi) is 8.22. The number of pyridine rings is 1. The summed E-state index contributed by atoms with van der Waals surface area (Å²) in [6.07, 6.45) is 2.34. The molecule has 0 aliphatic carbocycles. The third-order valence-corrected chi connectivity index (χ3v) is 11.6. The lowest BCUT2D eigenvalue weighted by Gasteiger charge is -2.25. The molecule has 4 nitrogen and oxygen atoms in total. The second-order valence-electron chi connectivity index (χ2n) is 14.3. The van der Waals surface area contributed by atoms with Crippen molar-refractivity contribution in [3.05, 3.63) is 138 Å². The fraction of sp³-hybridized carbons (Fsp3) is 0.182. The van der Waals surface area contributed by atoms with Gasteiger partial charge in [-0.15, -0.1) is 0 Å². The average molecular weight is 657 g/mol. The molecule has 0 saturated carbocycles. The van der Waals surface area contributed by atoms with E-state index in [1.165, 1.54) is 10.8 Å². The number of benzene rings is 5. The number of aryl methyl sites for hydroxylation is 2. The molecule has 7 rings (SSSR count). The van der Waals surface area contributed by atoms with Crippen LogP contribution in [0.3, 0.4) is 0 Å². The van der Waals surface area contributed by atoms with Crippen LogP contribution in [0.15, 0.2) is 126 Å². The van der Waals surface area contributed by atoms with Crippen LogP contribution in [0, 0.1) is 18.3 Å². The molecular formula is C44H42N3OSi+. The molecule has 0 atom stereocenters. The third kappa shape index (κ3) is 5.73. The highest BCUT2D eigenvalue weighted by molar-refractivity contribution is 6.89. The van der Waals surface area contributed by atoms with Crippen molar-refractivity contribution in [3.63, 3.8) is 0 Å². The lowest BCUT2D eigenvalue weighted by atomic mass is 9.95. The van der Waals surface area contributed by atoms with Gasteiger partial charge in [-0.1, -0.05) is 100 Å². The summed E-state index contributed by atoms with van der Waals surface area (Å²) < 4.78 is 9.06. The number of hydrogen-bond acceptors (Lipinski definition) is 3. The molecule has 5 aromatic carbocycles. The molecule has 0 saturated heterocycles. The molecule has 0 amide bonds. The SMILES string of the molecule is Cc1ccc2c(oc3c(C#N)c(-c4ccc(N(c5ccccc5)c5ccccc5)cc4)ccc32)c1-c1cc(C(C)C)c([Si](C)(C)C)c[n+]1C. The van der Waals surface area contributed by atoms with Crippen LogP contribution >= 0.6 is 0 Å². The minimum Gasteiger partial charge on any atom is -0.454 e. The first-order valence-electron chi connectivity index (χ1n) is 17.0. The van der Waals surface area contributed by atoms with Gasteiger partial charge in [0.05, 0.1) is 13.6 Å². The molecule has 242 valence electrons. The minimum atomic E-state index is -1.57. The van der Waals surface area contributed by atoms with Gasteiger partial charge in [-0.25, -0.2) is 4.57 Å². The number of nitriles is 1. The van der Waals surface area contributed by atoms with E-state index < -0.39 is 8.07 Å². The van der Waals surface area contributed by atoms with Crippen molar-refractivity contribution in [2.24, 2.45) is 7.05 Å². The Balaban J connectivity index is 1.36. The van der Waals surface area contributed by atoms with Crippen LogP contribution in [-0.2, 0) is 7.05 Å². The zero-order valence-corrected chi connectivity index (χ0v) is 30.4. The van der Waals surface area contributed by atoms with E-state index in [1.807, 2.05) is 12.1 Å². The molecule has 0 aliphatic rings. The van der Waals surface area contributed by atoms with Crippen LogP contribution in [0.4, 0.5) is 17.1 Å². The van der Waals surface area contributed by atoms with Gasteiger partial charge in [0.1, 0.15) is 24.3 Å². The van der Waals surface area contributed by atoms with E-state index in [4.69, 9.17) is 4.42 Å². The van der Waals surface area contributed by atoms with E-state index in [0.29, 0.717) is 17.1 Å². The zero-order valence-electron chi connectivity index (χ0n) is 29.4. The van der Waals surface area contributed by atoms with Gasteiger partial charge in [-0.05, 0) is 72.0 Å². The summed E-state index contributed by atoms with van der Waals surface area (Å²) in [5.74, 6) is 0.406. The molecule has 5 heteroatoms. The fourth-order valence-electron chi connectivity index (χ4n) is 7.08. The maximum absolute atomic E-state index is 10.6. The number of nitrogens with zero attached hydrogens (tertiary/aromatic N) is 3. The average Bonchev–Trinajstić information content (AvgIpc) is 3.47. The highest BCUT2D eigenvalue weighted by Gasteiger charge is 2.29. The van der Waals surface area contributed by atoms with Gasteiger partial charge >= 0.3 is 0 Å². The van der Waals surface area contributed by atoms with Gasteiger partial charge < -0.3 is 9.32 Å². The monoisotopic (exact) mass is 656 g/mol. The first-order chi connectivity index (χ1) is 23.6. The van der Waals surface area contributed by atoms with Gasteiger partial charge in [0.2, 0.25) is 5.69 Å². The number of hydrogen-bond donors (Lipinski definition) is 0. The smallest absolute Gasteiger partial charge is 0.216 e. The number of aromatic nitrogens is 1. The van der Waals surface area contributed by atoms with Gasteiger partial charge in [0.15, 0.2) is 11.8 Å². The standard InChI is InChI=1S/C44H42N3OSi/c1-29(2)38-26-40(46(4)28-41(38)49(5,6)7)42-30(3)18-23-37-36-25-24-35(39(27-45)43(36)48-44(37)42)31-19-21-34(22-20-31)47(32-14-10-8-11-15-32)33-16-12-9-13-17-33/h8-26,28-29H,1-7H3/q+1. The Labute approximate surface area is 290 Å². The summed E-state index contributed by atoms with van der Waals surface area (Å²) in [6.45, 7) is 14.0. The van der Waals surface area contributed by atoms with E-state index in [2.05, 4.69) is 172 Å². The largest absolute Gasteiger partial charge is 0.454 e. The van der Waals surface area contributed by atoms with Crippen molar-refractivity contribution in [2.45, 2.75) is 46.3 Å². The Hall–Kier alpha value is -5.44. The Morgan fingerprint density at radius 1 is 0.735 bits per heavy atom. The van der Waals surface area contributed by atoms with E-state index in [9.17, 15) is 5.26 Å². The highest BCUT2D eigenvalue weighted by atomic mass is 28.3. The normalized spacial score (nSPS) is 11.7. The molecule has 2 heterocycles. The molecule has 0 bridgehead atoms. The van der Waals surface area contributed by atoms with Crippen molar-refractivity contribution in [2.75, 3.05) is 4.90 Å². The number of para-hydroxylation sites is 2. The summed E-state index contributed by atoms with van der Waals surface area (Å²) in [5.41, 5.74) is 11.8. The van der Waals surface area contributed by atoms with Crippen molar-refractivity contribution >= 4 is 52.3 Å². The van der Waals surface area contributed by atoms with Crippen LogP contribution in [0.2, 0.25) is 19.6 Å². The third-order valence-electron chi connectivity index (χ3n) is 9.59. The molecule has 0 radical (unpaired) electrons. The molecule has 7 aromatic rings. The number of furan rings is 1. The van der Waals surface area contributed by atoms with E-state index in [-0.39, 0.29) is 0 Å². The van der Waals surface area contributed by atoms with Gasteiger partial charge in [-0.2, -0.15) is 5.26 Å². The lowest BCUT2D eigenvalue weighted by molar-refractivity contribution is -0.659. The van der Waals surface area contributed by atoms with Crippen molar-refractivity contribution in [1.82, 2.24) is 0 Å². The summed E-state index contributed by atoms with van der Waals surface area (Å²) in [7, 11) is 0.574. The number of fused-ring (bicyclic) bond motifs is 3. The second-order valence-corrected chi connectivity index (χ2v) is 19.3. The van der Waals surface area contributed by atoms with Crippen molar-refractivity contribution in [1.29, 1.82) is 5.26 Å². The Morgan fingerprint density at radius 2 is 1.31 bits per heavy atom. The van der Waals surface area contributed by atoms with E-state index >= 15 is 0 Å². The van der Waals surface area contributed by atoms with Crippen LogP contribution in [0.1, 0.15) is 36.5 Å². The van der Waals surface area contributed by atoms with Crippen LogP contribution < -0.4 is 14.7 Å². The number of anilines is 3. The molecule has 0 aliphatic heterocycles. The Morgan fingerprint density at radius 3 is 1.88 bits per heavy atom. The van der Waals surface area contributed by atoms with Gasteiger partial charge in [-0.3, -0.25) is 0 Å². The first-order valence-corrected chi connectivity index (χ1v) is 20.5. The van der Waals surface area contributed by atoms with Crippen LogP contribution in [-0.4, -0.2) is 8.07 Å². The molecule has 0 fully saturated rings. The maximum Gasteiger partial charge on any atom is 0.216 e. The van der Waals surface area contributed by atoms with Crippen molar-refractivity contribution in [3.8, 4) is 28.5 Å². The Bertz CT molecular complexity index is 2320. The van der Waals surface area contributed by atoms with Gasteiger partial charge in [0, 0.05) is 44.7 Å². The van der Waals surface area contributed by atoms with Crippen LogP contribution in [0.25, 0.3) is 44.3 Å². The quantitative estimate of drug-likeness (QED) is 0.127. The molecule has 0 spiro atoms. The van der Waals surface area contributed by atoms with Crippen LogP contribution in [0.5, 0.6) is 0 Å². The fourth-order valence-corrected chi connectivity index (χ4v) is 8.89. The summed E-state index contributed by atoms with van der Waals surface area (Å²) in [5, 5.41) is 14.1. The van der Waals surface area contributed by atoms with Gasteiger partial charge in [0.25, 0.3) is 0 Å². The molecular weight excluding hydrogens is 615 g/mol. The maximum atomic E-state index is 10.6. The predicted molar refractivity (Wildman–Crippen MR) is 207 cm³/mol. The van der Waals surface area contributed by atoms with Crippen molar-refractivity contribution < 1.29 is 8.98 Å². The zero-order chi connectivity index (χ0) is 34.4. The topological polar surface area (TPSA) is 44.1 Å². The lowest BCUT2D eigenvalue weighted by Crippen LogP contribution is -2.47. The molecule has 0 unspecified atom stereocenters. The second kappa shape index (κ2) is 12.5. The molecule has 0 N–H and O–H groups in total. The number of rotatable bonds is 7. The van der Waals surface area contributed by atoms with E-state index in [1.54, 1.807) is 0 Å². The summed E-state index contributed by atoms with van der Waals surface area (Å²) >= 11 is 0. The summed E-state index contributed by atoms with van der Waals surface area (Å²) in [4.78, 5) is 2.24. The minimum absolute atomic E-state index is 0.406. The molecule has 2 aromatic heterocycles. The molecule has 49 heavy (non-hydrogen) atoms.